The Morgan fingerprint density at radius 2 is 2.00 bits per heavy atom. The molecular weight excluding hydrogens is 350 g/mol. The van der Waals surface area contributed by atoms with Crippen molar-refractivity contribution >= 4 is 10.0 Å². The Morgan fingerprint density at radius 3 is 2.77 bits per heavy atom. The third kappa shape index (κ3) is 5.09. The lowest BCUT2D eigenvalue weighted by Crippen LogP contribution is -2.31. The first-order valence-electron chi connectivity index (χ1n) is 8.87. The lowest BCUT2D eigenvalue weighted by atomic mass is 10.0. The van der Waals surface area contributed by atoms with Gasteiger partial charge >= 0.3 is 0 Å². The summed E-state index contributed by atoms with van der Waals surface area (Å²) < 4.78 is 33.1. The maximum absolute atomic E-state index is 11.3. The van der Waals surface area contributed by atoms with Crippen LogP contribution in [0.1, 0.15) is 17.7 Å². The molecule has 1 aliphatic heterocycles. The van der Waals surface area contributed by atoms with Crippen molar-refractivity contribution in [2.45, 2.75) is 26.1 Å². The summed E-state index contributed by atoms with van der Waals surface area (Å²) in [5, 5.41) is 0. The molecule has 0 bridgehead atoms. The molecule has 0 fully saturated rings. The van der Waals surface area contributed by atoms with E-state index in [-0.39, 0.29) is 0 Å². The number of para-hydroxylation sites is 1. The van der Waals surface area contributed by atoms with E-state index >= 15 is 0 Å². The Morgan fingerprint density at radius 1 is 1.19 bits per heavy atom. The molecule has 2 aromatic rings. The van der Waals surface area contributed by atoms with E-state index in [1.807, 2.05) is 18.2 Å². The summed E-state index contributed by atoms with van der Waals surface area (Å²) in [6, 6.07) is 12.3. The van der Waals surface area contributed by atoms with E-state index in [1.165, 1.54) is 17.5 Å². The zero-order chi connectivity index (χ0) is 18.6. The molecule has 7 heteroatoms. The molecule has 1 aromatic heterocycles. The van der Waals surface area contributed by atoms with Gasteiger partial charge in [0.2, 0.25) is 10.0 Å². The van der Waals surface area contributed by atoms with E-state index in [0.29, 0.717) is 12.5 Å². The van der Waals surface area contributed by atoms with E-state index in [1.54, 1.807) is 7.11 Å². The molecule has 3 rings (SSSR count). The highest BCUT2D eigenvalue weighted by Gasteiger charge is 2.22. The number of sulfonamides is 1. The zero-order valence-corrected chi connectivity index (χ0v) is 16.2. The Labute approximate surface area is 155 Å². The number of ether oxygens (including phenoxy) is 1. The van der Waals surface area contributed by atoms with E-state index in [4.69, 9.17) is 4.74 Å². The number of fused-ring (bicyclic) bond motifs is 1. The molecular formula is C19H27N3O3S. The molecule has 0 saturated carbocycles. The number of nitrogens with one attached hydrogen (secondary N) is 1. The molecule has 26 heavy (non-hydrogen) atoms. The van der Waals surface area contributed by atoms with Crippen molar-refractivity contribution < 1.29 is 13.2 Å². The minimum atomic E-state index is -3.14. The van der Waals surface area contributed by atoms with Crippen LogP contribution in [-0.4, -0.2) is 44.3 Å². The second kappa shape index (κ2) is 8.24. The average molecular weight is 378 g/mol. The summed E-state index contributed by atoms with van der Waals surface area (Å²) in [5.74, 6) is 1.29. The molecule has 1 aliphatic rings. The molecule has 1 unspecified atom stereocenters. The second-order valence-electron chi connectivity index (χ2n) is 6.95. The fourth-order valence-corrected chi connectivity index (χ4v) is 4.08. The first-order valence-corrected chi connectivity index (χ1v) is 10.8. The molecule has 2 heterocycles. The van der Waals surface area contributed by atoms with Crippen molar-refractivity contribution in [3.05, 3.63) is 53.9 Å². The van der Waals surface area contributed by atoms with Gasteiger partial charge in [-0.25, -0.2) is 13.1 Å². The summed E-state index contributed by atoms with van der Waals surface area (Å²) in [6.07, 6.45) is 4.13. The summed E-state index contributed by atoms with van der Waals surface area (Å²) >= 11 is 0. The first kappa shape index (κ1) is 18.9. The average Bonchev–Trinajstić information content (AvgIpc) is 2.94. The zero-order valence-electron chi connectivity index (χ0n) is 15.4. The van der Waals surface area contributed by atoms with E-state index in [9.17, 15) is 8.42 Å². The molecule has 1 N–H and O–H groups in total. The number of benzene rings is 1. The van der Waals surface area contributed by atoms with Crippen LogP contribution >= 0.6 is 0 Å². The quantitative estimate of drug-likeness (QED) is 0.802. The van der Waals surface area contributed by atoms with Gasteiger partial charge in [0.15, 0.2) is 0 Å². The third-order valence-electron chi connectivity index (χ3n) is 4.78. The van der Waals surface area contributed by atoms with Crippen molar-refractivity contribution in [3.63, 3.8) is 0 Å². The lowest BCUT2D eigenvalue weighted by molar-refractivity contribution is 0.213. The monoisotopic (exact) mass is 377 g/mol. The highest BCUT2D eigenvalue weighted by atomic mass is 32.2. The summed E-state index contributed by atoms with van der Waals surface area (Å²) in [5.41, 5.74) is 2.46. The Balaban J connectivity index is 1.72. The number of hydrogen-bond acceptors (Lipinski definition) is 4. The van der Waals surface area contributed by atoms with Gasteiger partial charge in [0.1, 0.15) is 5.75 Å². The number of methoxy groups -OCH3 is 1. The molecule has 6 nitrogen and oxygen atoms in total. The highest BCUT2D eigenvalue weighted by Crippen LogP contribution is 2.24. The van der Waals surface area contributed by atoms with Gasteiger partial charge in [0, 0.05) is 50.2 Å². The standard InChI is InChI=1S/C19H27N3O3S/c1-25-19-8-4-3-6-17(19)14-21-12-16(9-10-20-26(2,23)24)13-22-11-5-7-18(22)15-21/h3-8,11,16,20H,9-10,12-15H2,1-2H3. The topological polar surface area (TPSA) is 63.6 Å². The molecule has 0 spiro atoms. The molecule has 1 atom stereocenters. The van der Waals surface area contributed by atoms with E-state index in [0.717, 1.165) is 38.3 Å². The van der Waals surface area contributed by atoms with Crippen molar-refractivity contribution in [1.82, 2.24) is 14.2 Å². The minimum Gasteiger partial charge on any atom is -0.496 e. The summed E-state index contributed by atoms with van der Waals surface area (Å²) in [6.45, 7) is 4.00. The van der Waals surface area contributed by atoms with Crippen LogP contribution in [0.25, 0.3) is 0 Å². The normalized spacial score (nSPS) is 18.3. The number of rotatable bonds is 7. The van der Waals surface area contributed by atoms with Crippen LogP contribution in [0.2, 0.25) is 0 Å². The van der Waals surface area contributed by atoms with Crippen LogP contribution in [0.5, 0.6) is 5.75 Å². The third-order valence-corrected chi connectivity index (χ3v) is 5.51. The molecule has 0 radical (unpaired) electrons. The van der Waals surface area contributed by atoms with Gasteiger partial charge in [-0.15, -0.1) is 0 Å². The van der Waals surface area contributed by atoms with Crippen LogP contribution in [0.3, 0.4) is 0 Å². The fraction of sp³-hybridized carbons (Fsp3) is 0.474. The van der Waals surface area contributed by atoms with Gasteiger partial charge < -0.3 is 9.30 Å². The molecule has 142 valence electrons. The van der Waals surface area contributed by atoms with Crippen LogP contribution in [-0.2, 0) is 29.7 Å². The maximum Gasteiger partial charge on any atom is 0.208 e. The fourth-order valence-electron chi connectivity index (χ4n) is 3.59. The van der Waals surface area contributed by atoms with Crippen LogP contribution in [0.4, 0.5) is 0 Å². The van der Waals surface area contributed by atoms with E-state index < -0.39 is 10.0 Å². The SMILES string of the molecule is COc1ccccc1CN1Cc2cccn2CC(CCNS(C)(=O)=O)C1. The largest absolute Gasteiger partial charge is 0.496 e. The molecule has 0 aliphatic carbocycles. The van der Waals surface area contributed by atoms with Crippen molar-refractivity contribution in [2.75, 3.05) is 26.5 Å². The minimum absolute atomic E-state index is 0.382. The predicted molar refractivity (Wildman–Crippen MR) is 102 cm³/mol. The van der Waals surface area contributed by atoms with Crippen LogP contribution < -0.4 is 9.46 Å². The van der Waals surface area contributed by atoms with Gasteiger partial charge in [0.25, 0.3) is 0 Å². The van der Waals surface area contributed by atoms with Gasteiger partial charge in [0.05, 0.1) is 13.4 Å². The molecule has 0 saturated heterocycles. The van der Waals surface area contributed by atoms with Crippen LogP contribution in [0, 0.1) is 5.92 Å². The van der Waals surface area contributed by atoms with Gasteiger partial charge in [-0.2, -0.15) is 0 Å². The number of aromatic nitrogens is 1. The van der Waals surface area contributed by atoms with Crippen LogP contribution in [0.15, 0.2) is 42.6 Å². The van der Waals surface area contributed by atoms with Gasteiger partial charge in [-0.3, -0.25) is 4.90 Å². The first-order chi connectivity index (χ1) is 12.4. The smallest absolute Gasteiger partial charge is 0.208 e. The summed E-state index contributed by atoms with van der Waals surface area (Å²) in [4.78, 5) is 2.42. The van der Waals surface area contributed by atoms with Gasteiger partial charge in [-0.05, 0) is 30.5 Å². The second-order valence-corrected chi connectivity index (χ2v) is 8.79. The van der Waals surface area contributed by atoms with Crippen molar-refractivity contribution in [3.8, 4) is 5.75 Å². The maximum atomic E-state index is 11.3. The Bertz CT molecular complexity index is 832. The molecule has 0 amide bonds. The Kier molecular flexibility index (Phi) is 6.01. The Hall–Kier alpha value is -1.83. The lowest BCUT2D eigenvalue weighted by Gasteiger charge is -2.25. The number of nitrogens with zero attached hydrogens (tertiary/aromatic N) is 2. The van der Waals surface area contributed by atoms with E-state index in [2.05, 4.69) is 38.6 Å². The molecule has 1 aromatic carbocycles. The predicted octanol–water partition coefficient (Wildman–Crippen LogP) is 2.07. The highest BCUT2D eigenvalue weighted by molar-refractivity contribution is 7.88. The van der Waals surface area contributed by atoms with Crippen molar-refractivity contribution in [2.24, 2.45) is 5.92 Å². The van der Waals surface area contributed by atoms with Crippen molar-refractivity contribution in [1.29, 1.82) is 0 Å². The van der Waals surface area contributed by atoms with Gasteiger partial charge in [-0.1, -0.05) is 18.2 Å². The summed E-state index contributed by atoms with van der Waals surface area (Å²) in [7, 11) is -1.44. The number of hydrogen-bond donors (Lipinski definition) is 1.